The highest BCUT2D eigenvalue weighted by molar-refractivity contribution is 6.80. The zero-order valence-corrected chi connectivity index (χ0v) is 18.6. The summed E-state index contributed by atoms with van der Waals surface area (Å²) in [6.07, 6.45) is 0.111. The summed E-state index contributed by atoms with van der Waals surface area (Å²) in [4.78, 5) is 25.4. The molecule has 1 saturated heterocycles. The van der Waals surface area contributed by atoms with Gasteiger partial charge < -0.3 is 14.4 Å². The molecule has 1 aromatic carbocycles. The molecule has 1 aromatic rings. The van der Waals surface area contributed by atoms with E-state index in [9.17, 15) is 14.7 Å². The molecule has 0 spiro atoms. The van der Waals surface area contributed by atoms with Crippen molar-refractivity contribution in [1.82, 2.24) is 4.57 Å². The fourth-order valence-corrected chi connectivity index (χ4v) is 6.03. The van der Waals surface area contributed by atoms with Crippen molar-refractivity contribution in [3.05, 3.63) is 35.9 Å². The van der Waals surface area contributed by atoms with Crippen LogP contribution in [-0.4, -0.2) is 41.4 Å². The van der Waals surface area contributed by atoms with Gasteiger partial charge in [-0.2, -0.15) is 0 Å². The summed E-state index contributed by atoms with van der Waals surface area (Å²) in [7, 11) is -2.16. The van der Waals surface area contributed by atoms with Gasteiger partial charge in [-0.25, -0.2) is 0 Å². The number of carbonyl (C=O) groups is 2. The van der Waals surface area contributed by atoms with E-state index in [-0.39, 0.29) is 36.0 Å². The molecule has 1 N–H and O–H groups in total. The number of carbonyl (C=O) groups excluding carboxylic acids is 2. The molecule has 0 aromatic heterocycles. The first-order valence-electron chi connectivity index (χ1n) is 9.52. The molecule has 2 rings (SSSR count). The number of benzene rings is 1. The average molecular weight is 392 g/mol. The van der Waals surface area contributed by atoms with Crippen LogP contribution in [0, 0.1) is 5.92 Å². The molecule has 150 valence electrons. The molecule has 0 unspecified atom stereocenters. The summed E-state index contributed by atoms with van der Waals surface area (Å²) in [5, 5.41) is 10.5. The smallest absolute Gasteiger partial charge is 0.308 e. The molecular formula is C21H33NO4Si. The van der Waals surface area contributed by atoms with Crippen LogP contribution in [0.3, 0.4) is 0 Å². The predicted molar refractivity (Wildman–Crippen MR) is 108 cm³/mol. The van der Waals surface area contributed by atoms with Crippen LogP contribution >= 0.6 is 0 Å². The average Bonchev–Trinajstić information content (AvgIpc) is 2.50. The van der Waals surface area contributed by atoms with E-state index in [0.29, 0.717) is 0 Å². The van der Waals surface area contributed by atoms with Crippen molar-refractivity contribution in [2.45, 2.75) is 77.4 Å². The number of amides is 1. The number of esters is 1. The molecule has 1 aliphatic heterocycles. The molecule has 0 aliphatic carbocycles. The van der Waals surface area contributed by atoms with Crippen LogP contribution in [0.4, 0.5) is 0 Å². The molecular weight excluding hydrogens is 358 g/mol. The lowest BCUT2D eigenvalue weighted by atomic mass is 9.76. The lowest BCUT2D eigenvalue weighted by molar-refractivity contribution is -0.168. The minimum absolute atomic E-state index is 0.0422. The Bertz CT molecular complexity index is 688. The number of aliphatic hydroxyl groups is 1. The highest BCUT2D eigenvalue weighted by Crippen LogP contribution is 2.48. The molecule has 27 heavy (non-hydrogen) atoms. The SMILES string of the molecule is CC(C)(O)[C@@H]1C(=O)N([Si](C)(C)C(C)(C)C)[C@H]1CC(=O)OCc1ccccc1. The first-order valence-corrected chi connectivity index (χ1v) is 12.5. The highest BCUT2D eigenvalue weighted by Gasteiger charge is 2.61. The molecule has 0 saturated carbocycles. The molecule has 1 aliphatic rings. The van der Waals surface area contributed by atoms with E-state index >= 15 is 0 Å². The van der Waals surface area contributed by atoms with Gasteiger partial charge in [0, 0.05) is 6.04 Å². The zero-order chi connectivity index (χ0) is 20.6. The maximum atomic E-state index is 12.9. The lowest BCUT2D eigenvalue weighted by Crippen LogP contribution is -2.76. The van der Waals surface area contributed by atoms with Gasteiger partial charge >= 0.3 is 5.97 Å². The summed E-state index contributed by atoms with van der Waals surface area (Å²) >= 11 is 0. The topological polar surface area (TPSA) is 66.8 Å². The summed E-state index contributed by atoms with van der Waals surface area (Å²) in [5.41, 5.74) is -0.240. The zero-order valence-electron chi connectivity index (χ0n) is 17.6. The van der Waals surface area contributed by atoms with Crippen LogP contribution in [0.1, 0.15) is 46.6 Å². The monoisotopic (exact) mass is 391 g/mol. The Morgan fingerprint density at radius 1 is 1.15 bits per heavy atom. The molecule has 1 fully saturated rings. The third-order valence-electron chi connectivity index (χ3n) is 6.04. The van der Waals surface area contributed by atoms with Crippen LogP contribution in [0.15, 0.2) is 30.3 Å². The summed E-state index contributed by atoms with van der Waals surface area (Å²) < 4.78 is 7.34. The van der Waals surface area contributed by atoms with Gasteiger partial charge in [0.05, 0.1) is 17.9 Å². The second kappa shape index (κ2) is 7.39. The first-order chi connectivity index (χ1) is 12.3. The van der Waals surface area contributed by atoms with Crippen molar-refractivity contribution < 1.29 is 19.4 Å². The lowest BCUT2D eigenvalue weighted by Gasteiger charge is -2.60. The van der Waals surface area contributed by atoms with Crippen LogP contribution in [-0.2, 0) is 20.9 Å². The largest absolute Gasteiger partial charge is 0.461 e. The maximum Gasteiger partial charge on any atom is 0.308 e. The van der Waals surface area contributed by atoms with Crippen molar-refractivity contribution in [3.63, 3.8) is 0 Å². The van der Waals surface area contributed by atoms with Crippen molar-refractivity contribution in [2.24, 2.45) is 5.92 Å². The number of rotatable bonds is 6. The second-order valence-electron chi connectivity index (χ2n) is 9.57. The van der Waals surface area contributed by atoms with Crippen LogP contribution in [0.25, 0.3) is 0 Å². The Morgan fingerprint density at radius 2 is 1.70 bits per heavy atom. The van der Waals surface area contributed by atoms with E-state index in [2.05, 4.69) is 33.9 Å². The molecule has 5 nitrogen and oxygen atoms in total. The van der Waals surface area contributed by atoms with Crippen LogP contribution in [0.5, 0.6) is 0 Å². The van der Waals surface area contributed by atoms with Crippen molar-refractivity contribution in [3.8, 4) is 0 Å². The van der Waals surface area contributed by atoms with Crippen LogP contribution < -0.4 is 0 Å². The number of hydrogen-bond donors (Lipinski definition) is 1. The molecule has 1 heterocycles. The Labute approximate surface area is 163 Å². The Hall–Kier alpha value is -1.66. The molecule has 0 bridgehead atoms. The van der Waals surface area contributed by atoms with E-state index in [4.69, 9.17) is 4.74 Å². The fourth-order valence-electron chi connectivity index (χ4n) is 3.55. The van der Waals surface area contributed by atoms with Crippen LogP contribution in [0.2, 0.25) is 18.1 Å². The predicted octanol–water partition coefficient (Wildman–Crippen LogP) is 3.72. The normalized spacial score (nSPS) is 21.0. The fraction of sp³-hybridized carbons (Fsp3) is 0.619. The standard InChI is InChI=1S/C21H33NO4Si/c1-20(2,3)27(6,7)22-16(18(19(22)24)21(4,5)25)13-17(23)26-14-15-11-9-8-10-12-15/h8-12,16,18,25H,13-14H2,1-7H3/t16-,18-/m0/s1. The number of nitrogens with zero attached hydrogens (tertiary/aromatic N) is 1. The third kappa shape index (κ3) is 4.43. The van der Waals surface area contributed by atoms with Gasteiger partial charge in [0.15, 0.2) is 8.24 Å². The van der Waals surface area contributed by atoms with Crippen molar-refractivity contribution in [2.75, 3.05) is 0 Å². The van der Waals surface area contributed by atoms with E-state index in [0.717, 1.165) is 5.56 Å². The van der Waals surface area contributed by atoms with E-state index < -0.39 is 19.8 Å². The van der Waals surface area contributed by atoms with E-state index in [1.54, 1.807) is 13.8 Å². The van der Waals surface area contributed by atoms with E-state index in [1.807, 2.05) is 34.9 Å². The number of hydrogen-bond acceptors (Lipinski definition) is 4. The minimum Gasteiger partial charge on any atom is -0.461 e. The quantitative estimate of drug-likeness (QED) is 0.456. The van der Waals surface area contributed by atoms with Gasteiger partial charge in [0.25, 0.3) is 0 Å². The van der Waals surface area contributed by atoms with Gasteiger partial charge in [-0.3, -0.25) is 9.59 Å². The molecule has 6 heteroatoms. The summed E-state index contributed by atoms with van der Waals surface area (Å²) in [6, 6.07) is 9.20. The summed E-state index contributed by atoms with van der Waals surface area (Å²) in [5.74, 6) is -0.958. The Morgan fingerprint density at radius 3 is 2.19 bits per heavy atom. The molecule has 0 radical (unpaired) electrons. The Kier molecular flexibility index (Phi) is 5.93. The third-order valence-corrected chi connectivity index (χ3v) is 11.5. The minimum atomic E-state index is -2.16. The van der Waals surface area contributed by atoms with Gasteiger partial charge in [-0.15, -0.1) is 0 Å². The van der Waals surface area contributed by atoms with Gasteiger partial charge in [0.2, 0.25) is 5.91 Å². The van der Waals surface area contributed by atoms with Crippen molar-refractivity contribution >= 4 is 20.1 Å². The van der Waals surface area contributed by atoms with Gasteiger partial charge in [-0.05, 0) is 24.4 Å². The van der Waals surface area contributed by atoms with E-state index in [1.165, 1.54) is 0 Å². The molecule has 1 amide bonds. The second-order valence-corrected chi connectivity index (χ2v) is 14.7. The maximum absolute atomic E-state index is 12.9. The number of β-lactam (4-membered cyclic amide) rings is 1. The summed E-state index contributed by atoms with van der Waals surface area (Å²) in [6.45, 7) is 14.2. The molecule has 2 atom stereocenters. The Balaban J connectivity index is 2.15. The first kappa shape index (κ1) is 21.6. The van der Waals surface area contributed by atoms with Crippen molar-refractivity contribution in [1.29, 1.82) is 0 Å². The highest BCUT2D eigenvalue weighted by atomic mass is 28.3. The number of ether oxygens (including phenoxy) is 1. The van der Waals surface area contributed by atoms with Gasteiger partial charge in [-0.1, -0.05) is 64.2 Å². The van der Waals surface area contributed by atoms with Gasteiger partial charge in [0.1, 0.15) is 6.61 Å².